The zero-order chi connectivity index (χ0) is 21.6. The first kappa shape index (κ1) is 23.4. The Labute approximate surface area is 179 Å². The maximum atomic E-state index is 9.78. The van der Waals surface area contributed by atoms with Crippen LogP contribution in [0.5, 0.6) is 23.0 Å². The Kier molecular flexibility index (Phi) is 10.4. The zero-order valence-corrected chi connectivity index (χ0v) is 17.6. The Hall–Kier alpha value is -2.88. The van der Waals surface area contributed by atoms with E-state index in [0.717, 1.165) is 49.7 Å². The fourth-order valence-corrected chi connectivity index (χ4v) is 3.41. The fraction of sp³-hybridized carbons (Fsp3) is 0.385. The molecule has 0 aliphatic rings. The number of hydrogen-bond donors (Lipinski definition) is 4. The quantitative estimate of drug-likeness (QED) is 0.172. The molecule has 0 atom stereocenters. The third-order valence-electron chi connectivity index (χ3n) is 5.20. The standard InChI is InChI=1S/C26H34O4/c27-23-19-13-17-21(25(23)29)15-11-9-7-5-3-1-2-4-6-8-10-12-16-22-18-14-20-24(28)26(22)30/h1,3,7,9,13-14,17-20,27-30H,2,4-6,8,10-12,15-16H2/b3-1-,9-7-. The molecule has 2 aromatic rings. The van der Waals surface area contributed by atoms with Crippen molar-refractivity contribution >= 4 is 0 Å². The lowest BCUT2D eigenvalue weighted by atomic mass is 10.0. The van der Waals surface area contributed by atoms with Crippen molar-refractivity contribution in [1.29, 1.82) is 0 Å². The van der Waals surface area contributed by atoms with E-state index in [-0.39, 0.29) is 23.0 Å². The van der Waals surface area contributed by atoms with Crippen LogP contribution in [0.2, 0.25) is 0 Å². The highest BCUT2D eigenvalue weighted by Crippen LogP contribution is 2.30. The van der Waals surface area contributed by atoms with Crippen molar-refractivity contribution in [3.8, 4) is 23.0 Å². The molecule has 0 aromatic heterocycles. The van der Waals surface area contributed by atoms with E-state index < -0.39 is 0 Å². The smallest absolute Gasteiger partial charge is 0.160 e. The van der Waals surface area contributed by atoms with E-state index in [0.29, 0.717) is 6.42 Å². The van der Waals surface area contributed by atoms with Crippen LogP contribution in [-0.2, 0) is 12.8 Å². The van der Waals surface area contributed by atoms with Crippen LogP contribution in [0.15, 0.2) is 60.7 Å². The number of unbranched alkanes of at least 4 members (excludes halogenated alkanes) is 5. The second-order valence-corrected chi connectivity index (χ2v) is 7.59. The molecule has 0 aliphatic carbocycles. The van der Waals surface area contributed by atoms with Crippen molar-refractivity contribution in [3.05, 3.63) is 71.8 Å². The lowest BCUT2D eigenvalue weighted by Gasteiger charge is -2.05. The number of aryl methyl sites for hydroxylation is 2. The second kappa shape index (κ2) is 13.4. The molecule has 0 aliphatic heterocycles. The molecule has 2 rings (SSSR count). The van der Waals surface area contributed by atoms with Gasteiger partial charge in [0, 0.05) is 0 Å². The molecule has 4 heteroatoms. The Morgan fingerprint density at radius 2 is 1.07 bits per heavy atom. The van der Waals surface area contributed by atoms with Gasteiger partial charge in [0.15, 0.2) is 23.0 Å². The predicted molar refractivity (Wildman–Crippen MR) is 122 cm³/mol. The molecular weight excluding hydrogens is 376 g/mol. The number of rotatable bonds is 13. The van der Waals surface area contributed by atoms with Gasteiger partial charge in [-0.1, -0.05) is 67.8 Å². The van der Waals surface area contributed by atoms with Gasteiger partial charge in [-0.05, 0) is 68.2 Å². The first-order valence-electron chi connectivity index (χ1n) is 10.9. The molecule has 0 amide bonds. The van der Waals surface area contributed by atoms with Crippen LogP contribution in [0.25, 0.3) is 0 Å². The molecule has 0 radical (unpaired) electrons. The van der Waals surface area contributed by atoms with Gasteiger partial charge in [0.2, 0.25) is 0 Å². The summed E-state index contributed by atoms with van der Waals surface area (Å²) in [4.78, 5) is 0. The van der Waals surface area contributed by atoms with Gasteiger partial charge in [-0.15, -0.1) is 0 Å². The normalized spacial score (nSPS) is 11.6. The van der Waals surface area contributed by atoms with Crippen molar-refractivity contribution in [1.82, 2.24) is 0 Å². The number of para-hydroxylation sites is 2. The van der Waals surface area contributed by atoms with Crippen molar-refractivity contribution in [3.63, 3.8) is 0 Å². The van der Waals surface area contributed by atoms with E-state index in [2.05, 4.69) is 24.3 Å². The summed E-state index contributed by atoms with van der Waals surface area (Å²) in [6.07, 6.45) is 18.8. The maximum absolute atomic E-state index is 9.78. The fourth-order valence-electron chi connectivity index (χ4n) is 3.41. The summed E-state index contributed by atoms with van der Waals surface area (Å²) >= 11 is 0. The summed E-state index contributed by atoms with van der Waals surface area (Å²) in [5, 5.41) is 38.5. The lowest BCUT2D eigenvalue weighted by Crippen LogP contribution is -1.87. The number of phenolic OH excluding ortho intramolecular Hbond substituents is 4. The molecule has 30 heavy (non-hydrogen) atoms. The monoisotopic (exact) mass is 410 g/mol. The molecule has 0 saturated heterocycles. The largest absolute Gasteiger partial charge is 0.504 e. The van der Waals surface area contributed by atoms with Crippen LogP contribution in [0.3, 0.4) is 0 Å². The molecule has 0 heterocycles. The van der Waals surface area contributed by atoms with Crippen molar-refractivity contribution in [2.45, 2.75) is 64.2 Å². The average Bonchev–Trinajstić information content (AvgIpc) is 2.74. The topological polar surface area (TPSA) is 80.9 Å². The number of aromatic hydroxyl groups is 4. The van der Waals surface area contributed by atoms with E-state index in [4.69, 9.17) is 0 Å². The second-order valence-electron chi connectivity index (χ2n) is 7.59. The van der Waals surface area contributed by atoms with Gasteiger partial charge in [-0.3, -0.25) is 0 Å². The zero-order valence-electron chi connectivity index (χ0n) is 17.6. The van der Waals surface area contributed by atoms with Crippen LogP contribution in [0, 0.1) is 0 Å². The molecular formula is C26H34O4. The van der Waals surface area contributed by atoms with E-state index in [1.807, 2.05) is 12.1 Å². The van der Waals surface area contributed by atoms with Crippen LogP contribution in [-0.4, -0.2) is 20.4 Å². The van der Waals surface area contributed by atoms with Gasteiger partial charge >= 0.3 is 0 Å². The minimum Gasteiger partial charge on any atom is -0.504 e. The lowest BCUT2D eigenvalue weighted by molar-refractivity contribution is 0.398. The minimum atomic E-state index is -0.0600. The first-order valence-corrected chi connectivity index (χ1v) is 10.9. The Balaban J connectivity index is 1.45. The van der Waals surface area contributed by atoms with E-state index in [1.165, 1.54) is 31.4 Å². The van der Waals surface area contributed by atoms with Crippen LogP contribution < -0.4 is 0 Å². The summed E-state index contributed by atoms with van der Waals surface area (Å²) in [5.74, 6) is -0.0855. The SMILES string of the molecule is Oc1cccc(CC/C=C\C/C=C\CCCCCCCc2cccc(O)c2O)c1O. The van der Waals surface area contributed by atoms with Crippen molar-refractivity contribution in [2.24, 2.45) is 0 Å². The van der Waals surface area contributed by atoms with Gasteiger partial charge in [0.05, 0.1) is 0 Å². The van der Waals surface area contributed by atoms with Crippen molar-refractivity contribution in [2.75, 3.05) is 0 Å². The Bertz CT molecular complexity index is 824. The summed E-state index contributed by atoms with van der Waals surface area (Å²) in [6.45, 7) is 0. The first-order chi connectivity index (χ1) is 14.6. The number of allylic oxidation sites excluding steroid dienone is 4. The minimum absolute atomic E-state index is 0.0108. The van der Waals surface area contributed by atoms with Crippen LogP contribution in [0.1, 0.15) is 62.5 Å². The van der Waals surface area contributed by atoms with Crippen molar-refractivity contribution < 1.29 is 20.4 Å². The average molecular weight is 411 g/mol. The highest BCUT2D eigenvalue weighted by atomic mass is 16.3. The number of benzene rings is 2. The Morgan fingerprint density at radius 3 is 1.73 bits per heavy atom. The van der Waals surface area contributed by atoms with E-state index >= 15 is 0 Å². The molecule has 2 aromatic carbocycles. The van der Waals surface area contributed by atoms with Crippen LogP contribution >= 0.6 is 0 Å². The summed E-state index contributed by atoms with van der Waals surface area (Å²) < 4.78 is 0. The molecule has 4 nitrogen and oxygen atoms in total. The maximum Gasteiger partial charge on any atom is 0.160 e. The molecule has 162 valence electrons. The van der Waals surface area contributed by atoms with Gasteiger partial charge in [0.1, 0.15) is 0 Å². The highest BCUT2D eigenvalue weighted by molar-refractivity contribution is 5.45. The molecule has 0 spiro atoms. The Morgan fingerprint density at radius 1 is 0.533 bits per heavy atom. The number of phenols is 4. The molecule has 0 saturated carbocycles. The van der Waals surface area contributed by atoms with Gasteiger partial charge in [-0.25, -0.2) is 0 Å². The van der Waals surface area contributed by atoms with Gasteiger partial charge < -0.3 is 20.4 Å². The summed E-state index contributed by atoms with van der Waals surface area (Å²) in [6, 6.07) is 10.2. The molecule has 0 bridgehead atoms. The number of hydrogen-bond acceptors (Lipinski definition) is 4. The van der Waals surface area contributed by atoms with E-state index in [1.54, 1.807) is 12.1 Å². The van der Waals surface area contributed by atoms with Crippen LogP contribution in [0.4, 0.5) is 0 Å². The summed E-state index contributed by atoms with van der Waals surface area (Å²) in [5.41, 5.74) is 1.60. The molecule has 0 unspecified atom stereocenters. The van der Waals surface area contributed by atoms with Gasteiger partial charge in [-0.2, -0.15) is 0 Å². The molecule has 0 fully saturated rings. The highest BCUT2D eigenvalue weighted by Gasteiger charge is 2.05. The third-order valence-corrected chi connectivity index (χ3v) is 5.20. The summed E-state index contributed by atoms with van der Waals surface area (Å²) in [7, 11) is 0. The van der Waals surface area contributed by atoms with Gasteiger partial charge in [0.25, 0.3) is 0 Å². The van der Waals surface area contributed by atoms with E-state index in [9.17, 15) is 20.4 Å². The third kappa shape index (κ3) is 8.24. The molecule has 4 N–H and O–H groups in total. The predicted octanol–water partition coefficient (Wildman–Crippen LogP) is 6.53.